The Hall–Kier alpha value is -0.830. The predicted molar refractivity (Wildman–Crippen MR) is 64.6 cm³/mol. The van der Waals surface area contributed by atoms with E-state index in [4.69, 9.17) is 10.7 Å². The number of nitrogens with two attached hydrogens (primary N) is 1. The second-order valence-electron chi connectivity index (χ2n) is 5.28. The first-order chi connectivity index (χ1) is 7.81. The zero-order valence-corrected chi connectivity index (χ0v) is 10.1. The van der Waals surface area contributed by atoms with Crippen LogP contribution in [0.4, 0.5) is 0 Å². The van der Waals surface area contributed by atoms with Gasteiger partial charge in [-0.25, -0.2) is 4.98 Å². The highest BCUT2D eigenvalue weighted by atomic mass is 15.1. The van der Waals surface area contributed by atoms with Gasteiger partial charge in [-0.05, 0) is 45.6 Å². The maximum Gasteiger partial charge on any atom is 0.112 e. The van der Waals surface area contributed by atoms with E-state index in [1.54, 1.807) is 0 Å². The van der Waals surface area contributed by atoms with Crippen LogP contribution in [0.1, 0.15) is 61.2 Å². The molecule has 0 saturated heterocycles. The summed E-state index contributed by atoms with van der Waals surface area (Å²) in [6, 6.07) is 0. The monoisotopic (exact) mass is 219 g/mol. The van der Waals surface area contributed by atoms with E-state index in [9.17, 15) is 0 Å². The van der Waals surface area contributed by atoms with Gasteiger partial charge < -0.3 is 10.3 Å². The summed E-state index contributed by atoms with van der Waals surface area (Å²) in [7, 11) is 0. The van der Waals surface area contributed by atoms with Gasteiger partial charge >= 0.3 is 0 Å². The van der Waals surface area contributed by atoms with Crippen molar-refractivity contribution in [3.8, 4) is 0 Å². The van der Waals surface area contributed by atoms with Crippen LogP contribution in [0.3, 0.4) is 0 Å². The Labute approximate surface area is 97.0 Å². The summed E-state index contributed by atoms with van der Waals surface area (Å²) in [5.74, 6) is 2.72. The van der Waals surface area contributed by atoms with Crippen molar-refractivity contribution < 1.29 is 0 Å². The normalized spacial score (nSPS) is 24.5. The molecule has 3 rings (SSSR count). The molecule has 1 aliphatic carbocycles. The third kappa shape index (κ3) is 1.58. The van der Waals surface area contributed by atoms with E-state index in [0.717, 1.165) is 18.9 Å². The molecule has 3 heteroatoms. The van der Waals surface area contributed by atoms with Crippen LogP contribution in [0.5, 0.6) is 0 Å². The second kappa shape index (κ2) is 3.88. The molecule has 2 heterocycles. The van der Waals surface area contributed by atoms with Crippen LogP contribution >= 0.6 is 0 Å². The molecule has 16 heavy (non-hydrogen) atoms. The number of nitrogens with zero attached hydrogens (tertiary/aromatic N) is 2. The van der Waals surface area contributed by atoms with Crippen LogP contribution in [0.25, 0.3) is 0 Å². The fourth-order valence-corrected chi connectivity index (χ4v) is 3.01. The molecule has 0 amide bonds. The smallest absolute Gasteiger partial charge is 0.112 e. The number of hydrogen-bond donors (Lipinski definition) is 1. The minimum absolute atomic E-state index is 0.616. The zero-order chi connectivity index (χ0) is 11.1. The summed E-state index contributed by atoms with van der Waals surface area (Å²) in [5.41, 5.74) is 8.51. The zero-order valence-electron chi connectivity index (χ0n) is 10.1. The van der Waals surface area contributed by atoms with Crippen molar-refractivity contribution in [1.82, 2.24) is 9.55 Å². The van der Waals surface area contributed by atoms with Crippen molar-refractivity contribution in [2.24, 2.45) is 5.73 Å². The molecule has 1 atom stereocenters. The molecule has 1 aromatic heterocycles. The van der Waals surface area contributed by atoms with Gasteiger partial charge in [-0.1, -0.05) is 0 Å². The van der Waals surface area contributed by atoms with Crippen LogP contribution in [0, 0.1) is 6.92 Å². The van der Waals surface area contributed by atoms with Gasteiger partial charge in [-0.2, -0.15) is 0 Å². The van der Waals surface area contributed by atoms with Gasteiger partial charge in [-0.3, -0.25) is 0 Å². The standard InChI is InChI=1S/C13H21N3/c1-9-12(10-4-5-10)15-13-11(6-7-14)3-2-8-16(9)13/h10-11H,2-8,14H2,1H3. The first kappa shape index (κ1) is 10.3. The quantitative estimate of drug-likeness (QED) is 0.847. The summed E-state index contributed by atoms with van der Waals surface area (Å²) >= 11 is 0. The molecular formula is C13H21N3. The summed E-state index contributed by atoms with van der Waals surface area (Å²) in [5, 5.41) is 0. The molecule has 1 saturated carbocycles. The number of rotatable bonds is 3. The fraction of sp³-hybridized carbons (Fsp3) is 0.769. The average molecular weight is 219 g/mol. The third-order valence-electron chi connectivity index (χ3n) is 4.07. The van der Waals surface area contributed by atoms with E-state index in [0.29, 0.717) is 5.92 Å². The van der Waals surface area contributed by atoms with Crippen LogP contribution in [0.2, 0.25) is 0 Å². The van der Waals surface area contributed by atoms with E-state index in [1.807, 2.05) is 0 Å². The number of hydrogen-bond acceptors (Lipinski definition) is 2. The first-order valence-electron chi connectivity index (χ1n) is 6.58. The van der Waals surface area contributed by atoms with Crippen LogP contribution in [-0.2, 0) is 6.54 Å². The summed E-state index contributed by atoms with van der Waals surface area (Å²) in [4.78, 5) is 4.92. The predicted octanol–water partition coefficient (Wildman–Crippen LogP) is 2.30. The molecule has 0 bridgehead atoms. The molecule has 1 aliphatic heterocycles. The molecule has 88 valence electrons. The molecule has 0 radical (unpaired) electrons. The lowest BCUT2D eigenvalue weighted by Crippen LogP contribution is -2.19. The molecule has 1 unspecified atom stereocenters. The van der Waals surface area contributed by atoms with Gasteiger partial charge in [0.15, 0.2) is 0 Å². The molecule has 0 spiro atoms. The largest absolute Gasteiger partial charge is 0.332 e. The Morgan fingerprint density at radius 2 is 2.19 bits per heavy atom. The van der Waals surface area contributed by atoms with E-state index < -0.39 is 0 Å². The molecule has 2 N–H and O–H groups in total. The Morgan fingerprint density at radius 3 is 2.88 bits per heavy atom. The SMILES string of the molecule is Cc1c(C2CC2)nc2n1CCCC2CCN. The third-order valence-corrected chi connectivity index (χ3v) is 4.07. The minimum Gasteiger partial charge on any atom is -0.332 e. The summed E-state index contributed by atoms with van der Waals surface area (Å²) in [6.07, 6.45) is 6.36. The highest BCUT2D eigenvalue weighted by Crippen LogP contribution is 2.43. The Kier molecular flexibility index (Phi) is 2.51. The van der Waals surface area contributed by atoms with Crippen molar-refractivity contribution in [2.45, 2.75) is 57.4 Å². The van der Waals surface area contributed by atoms with Crippen LogP contribution < -0.4 is 5.73 Å². The van der Waals surface area contributed by atoms with Crippen molar-refractivity contribution in [1.29, 1.82) is 0 Å². The van der Waals surface area contributed by atoms with Crippen LogP contribution in [0.15, 0.2) is 0 Å². The number of fused-ring (bicyclic) bond motifs is 1. The lowest BCUT2D eigenvalue weighted by atomic mass is 9.95. The molecule has 1 fully saturated rings. The molecule has 2 aliphatic rings. The summed E-state index contributed by atoms with van der Waals surface area (Å²) in [6.45, 7) is 4.20. The highest BCUT2D eigenvalue weighted by molar-refractivity contribution is 5.26. The van der Waals surface area contributed by atoms with Gasteiger partial charge in [0.2, 0.25) is 0 Å². The van der Waals surface area contributed by atoms with Crippen molar-refractivity contribution in [3.63, 3.8) is 0 Å². The highest BCUT2D eigenvalue weighted by Gasteiger charge is 2.32. The van der Waals surface area contributed by atoms with Gasteiger partial charge in [0.25, 0.3) is 0 Å². The van der Waals surface area contributed by atoms with E-state index in [2.05, 4.69) is 11.5 Å². The fourth-order valence-electron chi connectivity index (χ4n) is 3.01. The van der Waals surface area contributed by atoms with E-state index in [1.165, 1.54) is 49.4 Å². The number of imidazole rings is 1. The van der Waals surface area contributed by atoms with Gasteiger partial charge in [0.1, 0.15) is 5.82 Å². The van der Waals surface area contributed by atoms with Crippen molar-refractivity contribution in [3.05, 3.63) is 17.2 Å². The molecule has 3 nitrogen and oxygen atoms in total. The average Bonchev–Trinajstić information content (AvgIpc) is 3.06. The maximum absolute atomic E-state index is 5.70. The second-order valence-corrected chi connectivity index (χ2v) is 5.28. The molecular weight excluding hydrogens is 198 g/mol. The van der Waals surface area contributed by atoms with Gasteiger partial charge in [0.05, 0.1) is 5.69 Å². The van der Waals surface area contributed by atoms with E-state index >= 15 is 0 Å². The Morgan fingerprint density at radius 1 is 1.38 bits per heavy atom. The topological polar surface area (TPSA) is 43.8 Å². The van der Waals surface area contributed by atoms with E-state index in [-0.39, 0.29) is 0 Å². The van der Waals surface area contributed by atoms with Crippen molar-refractivity contribution in [2.75, 3.05) is 6.54 Å². The maximum atomic E-state index is 5.70. The van der Waals surface area contributed by atoms with Gasteiger partial charge in [-0.15, -0.1) is 0 Å². The van der Waals surface area contributed by atoms with Crippen molar-refractivity contribution >= 4 is 0 Å². The first-order valence-corrected chi connectivity index (χ1v) is 6.58. The molecule has 0 aromatic carbocycles. The lowest BCUT2D eigenvalue weighted by Gasteiger charge is -2.23. The van der Waals surface area contributed by atoms with Crippen LogP contribution in [-0.4, -0.2) is 16.1 Å². The van der Waals surface area contributed by atoms with Gasteiger partial charge in [0, 0.05) is 24.1 Å². The Bertz CT molecular complexity index is 390. The number of aromatic nitrogens is 2. The molecule has 1 aromatic rings. The summed E-state index contributed by atoms with van der Waals surface area (Å²) < 4.78 is 2.46. The Balaban J connectivity index is 1.96. The minimum atomic E-state index is 0.616. The lowest BCUT2D eigenvalue weighted by molar-refractivity contribution is 0.424.